The van der Waals surface area contributed by atoms with E-state index in [4.69, 9.17) is 0 Å². The van der Waals surface area contributed by atoms with Gasteiger partial charge in [0.2, 0.25) is 5.75 Å². The van der Waals surface area contributed by atoms with Crippen LogP contribution in [0.1, 0.15) is 17.6 Å². The third kappa shape index (κ3) is 3.58. The number of halogens is 8. The maximum Gasteiger partial charge on any atom is 0.573 e. The number of H-pyrrole nitrogens is 1. The Balaban J connectivity index is 3.56. The normalized spacial score (nSPS) is 12.9. The van der Waals surface area contributed by atoms with Crippen molar-refractivity contribution in [1.29, 1.82) is 0 Å². The molecule has 0 spiro atoms. The molecule has 1 aromatic rings. The Morgan fingerprint density at radius 1 is 1.11 bits per heavy atom. The molecule has 0 amide bonds. The van der Waals surface area contributed by atoms with Crippen molar-refractivity contribution in [2.24, 2.45) is 0 Å². The van der Waals surface area contributed by atoms with Crippen LogP contribution in [0.3, 0.4) is 0 Å². The van der Waals surface area contributed by atoms with Crippen LogP contribution in [0.5, 0.6) is 5.75 Å². The monoisotopic (exact) mass is 297 g/mol. The topological polar surface area (TPSA) is 42.1 Å². The van der Waals surface area contributed by atoms with Crippen LogP contribution in [0.25, 0.3) is 0 Å². The average Bonchev–Trinajstić information content (AvgIpc) is 2.16. The summed E-state index contributed by atoms with van der Waals surface area (Å²) in [6.07, 6.45) is -15.1. The zero-order valence-corrected chi connectivity index (χ0v) is 8.49. The second kappa shape index (κ2) is 4.70. The van der Waals surface area contributed by atoms with Crippen LogP contribution in [0.15, 0.2) is 11.0 Å². The third-order valence-corrected chi connectivity index (χ3v) is 1.83. The van der Waals surface area contributed by atoms with Crippen molar-refractivity contribution in [2.45, 2.75) is 19.0 Å². The van der Waals surface area contributed by atoms with E-state index < -0.39 is 41.4 Å². The van der Waals surface area contributed by atoms with Gasteiger partial charge in [0.15, 0.2) is 0 Å². The number of aromatic amines is 1. The molecule has 0 atom stereocenters. The van der Waals surface area contributed by atoms with Crippen molar-refractivity contribution in [3.63, 3.8) is 0 Å². The molecule has 0 aliphatic carbocycles. The summed E-state index contributed by atoms with van der Waals surface area (Å²) in [5, 5.41) is 0. The number of alkyl halides is 8. The Kier molecular flexibility index (Phi) is 3.77. The molecule has 1 N–H and O–H groups in total. The molecular formula is C8H3F8NO2. The van der Waals surface area contributed by atoms with Gasteiger partial charge in [-0.25, -0.2) is 8.78 Å². The van der Waals surface area contributed by atoms with Crippen molar-refractivity contribution in [3.05, 3.63) is 27.7 Å². The molecule has 0 fully saturated rings. The lowest BCUT2D eigenvalue weighted by molar-refractivity contribution is -0.275. The number of hydrogen-bond acceptors (Lipinski definition) is 2. The Morgan fingerprint density at radius 2 is 1.63 bits per heavy atom. The molecule has 0 aromatic carbocycles. The smallest absolute Gasteiger partial charge is 0.399 e. The minimum atomic E-state index is -5.58. The minimum absolute atomic E-state index is 0.146. The number of rotatable bonds is 2. The lowest BCUT2D eigenvalue weighted by atomic mass is 10.1. The van der Waals surface area contributed by atoms with E-state index >= 15 is 0 Å². The molecule has 0 aliphatic rings. The van der Waals surface area contributed by atoms with Crippen LogP contribution in [-0.2, 0) is 6.18 Å². The van der Waals surface area contributed by atoms with Gasteiger partial charge in [-0.05, 0) is 0 Å². The first-order chi connectivity index (χ1) is 8.43. The Labute approximate surface area is 98.3 Å². The van der Waals surface area contributed by atoms with Gasteiger partial charge in [-0.15, -0.1) is 13.2 Å². The summed E-state index contributed by atoms with van der Waals surface area (Å²) in [7, 11) is 0. The zero-order valence-electron chi connectivity index (χ0n) is 8.49. The highest BCUT2D eigenvalue weighted by molar-refractivity contribution is 5.39. The first-order valence-electron chi connectivity index (χ1n) is 4.30. The summed E-state index contributed by atoms with van der Waals surface area (Å²) in [6, 6.07) is 0. The molecule has 19 heavy (non-hydrogen) atoms. The second-order valence-corrected chi connectivity index (χ2v) is 3.12. The largest absolute Gasteiger partial charge is 0.573 e. The minimum Gasteiger partial charge on any atom is -0.399 e. The van der Waals surface area contributed by atoms with Gasteiger partial charge < -0.3 is 9.72 Å². The summed E-state index contributed by atoms with van der Waals surface area (Å²) < 4.78 is 101. The van der Waals surface area contributed by atoms with Gasteiger partial charge in [-0.1, -0.05) is 0 Å². The molecular weight excluding hydrogens is 294 g/mol. The fourth-order valence-electron chi connectivity index (χ4n) is 1.19. The molecule has 1 heterocycles. The molecule has 0 radical (unpaired) electrons. The summed E-state index contributed by atoms with van der Waals surface area (Å²) in [4.78, 5) is 12.2. The predicted octanol–water partition coefficient (Wildman–Crippen LogP) is 3.23. The first-order valence-corrected chi connectivity index (χ1v) is 4.30. The van der Waals surface area contributed by atoms with Gasteiger partial charge in [-0.3, -0.25) is 4.79 Å². The first kappa shape index (κ1) is 15.2. The van der Waals surface area contributed by atoms with Crippen LogP contribution in [-0.4, -0.2) is 11.3 Å². The maximum atomic E-state index is 12.5. The summed E-state index contributed by atoms with van der Waals surface area (Å²) in [6.45, 7) is 0. The lowest BCUT2D eigenvalue weighted by Crippen LogP contribution is -2.26. The van der Waals surface area contributed by atoms with E-state index in [0.29, 0.717) is 0 Å². The molecule has 0 aliphatic heterocycles. The van der Waals surface area contributed by atoms with Gasteiger partial charge in [0.1, 0.15) is 0 Å². The van der Waals surface area contributed by atoms with E-state index in [-0.39, 0.29) is 6.20 Å². The standard InChI is InChI=1S/C8H3F8NO2/c9-5(10)3-2(7(11,12)13)1-17-6(18)4(3)19-8(14,15)16/h1,5H,(H,17,18). The van der Waals surface area contributed by atoms with Crippen molar-refractivity contribution in [2.75, 3.05) is 0 Å². The van der Waals surface area contributed by atoms with E-state index in [0.717, 1.165) is 0 Å². The highest BCUT2D eigenvalue weighted by Crippen LogP contribution is 2.40. The highest BCUT2D eigenvalue weighted by atomic mass is 19.4. The van der Waals surface area contributed by atoms with Crippen molar-refractivity contribution in [1.82, 2.24) is 4.98 Å². The SMILES string of the molecule is O=c1[nH]cc(C(F)(F)F)c(C(F)F)c1OC(F)(F)F. The van der Waals surface area contributed by atoms with Gasteiger partial charge in [0, 0.05) is 6.20 Å². The maximum absolute atomic E-state index is 12.5. The molecule has 3 nitrogen and oxygen atoms in total. The predicted molar refractivity (Wildman–Crippen MR) is 43.7 cm³/mol. The van der Waals surface area contributed by atoms with Crippen molar-refractivity contribution in [3.8, 4) is 5.75 Å². The van der Waals surface area contributed by atoms with Gasteiger partial charge in [0.05, 0.1) is 11.1 Å². The Morgan fingerprint density at radius 3 is 2.00 bits per heavy atom. The molecule has 0 bridgehead atoms. The van der Waals surface area contributed by atoms with Crippen molar-refractivity contribution < 1.29 is 39.9 Å². The average molecular weight is 297 g/mol. The molecule has 11 heteroatoms. The van der Waals surface area contributed by atoms with E-state index in [1.807, 2.05) is 0 Å². The molecule has 0 saturated heterocycles. The molecule has 0 saturated carbocycles. The molecule has 0 unspecified atom stereocenters. The van der Waals surface area contributed by atoms with Crippen LogP contribution in [0.2, 0.25) is 0 Å². The number of pyridine rings is 1. The number of aromatic nitrogens is 1. The molecule has 1 rings (SSSR count). The molecule has 1 aromatic heterocycles. The summed E-state index contributed by atoms with van der Waals surface area (Å²) in [5.74, 6) is -2.13. The van der Waals surface area contributed by atoms with E-state index in [2.05, 4.69) is 4.74 Å². The molecule has 108 valence electrons. The Bertz CT molecular complexity index is 515. The fourth-order valence-corrected chi connectivity index (χ4v) is 1.19. The summed E-state index contributed by atoms with van der Waals surface area (Å²) >= 11 is 0. The van der Waals surface area contributed by atoms with Gasteiger partial charge in [-0.2, -0.15) is 13.2 Å². The van der Waals surface area contributed by atoms with Gasteiger partial charge >= 0.3 is 12.5 Å². The van der Waals surface area contributed by atoms with Crippen LogP contribution in [0, 0.1) is 0 Å². The van der Waals surface area contributed by atoms with Gasteiger partial charge in [0.25, 0.3) is 12.0 Å². The van der Waals surface area contributed by atoms with Crippen LogP contribution >= 0.6 is 0 Å². The Hall–Kier alpha value is -1.81. The number of hydrogen-bond donors (Lipinski definition) is 1. The van der Waals surface area contributed by atoms with Crippen molar-refractivity contribution >= 4 is 0 Å². The third-order valence-electron chi connectivity index (χ3n) is 1.83. The summed E-state index contributed by atoms with van der Waals surface area (Å²) in [5.41, 5.74) is -6.12. The second-order valence-electron chi connectivity index (χ2n) is 3.12. The van der Waals surface area contributed by atoms with E-state index in [1.54, 1.807) is 0 Å². The highest BCUT2D eigenvalue weighted by Gasteiger charge is 2.42. The van der Waals surface area contributed by atoms with Crippen LogP contribution in [0.4, 0.5) is 35.1 Å². The quantitative estimate of drug-likeness (QED) is 0.852. The fraction of sp³-hybridized carbons (Fsp3) is 0.375. The van der Waals surface area contributed by atoms with E-state index in [9.17, 15) is 39.9 Å². The van der Waals surface area contributed by atoms with E-state index in [1.165, 1.54) is 4.98 Å². The lowest BCUT2D eigenvalue weighted by Gasteiger charge is -2.16. The zero-order chi connectivity index (χ0) is 15.0. The number of ether oxygens (including phenoxy) is 1. The number of nitrogens with one attached hydrogen (secondary N) is 1. The van der Waals surface area contributed by atoms with Crippen LogP contribution < -0.4 is 10.3 Å².